The summed E-state index contributed by atoms with van der Waals surface area (Å²) in [5.41, 5.74) is 1.79. The number of carbonyl (C=O) groups is 2. The first kappa shape index (κ1) is 26.3. The van der Waals surface area contributed by atoms with Gasteiger partial charge in [-0.1, -0.05) is 55.0 Å². The Labute approximate surface area is 195 Å². The van der Waals surface area contributed by atoms with Crippen molar-refractivity contribution in [3.63, 3.8) is 0 Å². The van der Waals surface area contributed by atoms with Gasteiger partial charge in [0.1, 0.15) is 12.6 Å². The van der Waals surface area contributed by atoms with Gasteiger partial charge in [-0.15, -0.1) is 0 Å². The van der Waals surface area contributed by atoms with Gasteiger partial charge in [0.05, 0.1) is 11.0 Å². The number of carbonyl (C=O) groups excluding carboxylic acids is 2. The maximum Gasteiger partial charge on any atom is 0.407 e. The predicted octanol–water partition coefficient (Wildman–Crippen LogP) is 3.69. The van der Waals surface area contributed by atoms with E-state index < -0.39 is 28.1 Å². The van der Waals surface area contributed by atoms with E-state index in [1.54, 1.807) is 19.1 Å². The van der Waals surface area contributed by atoms with E-state index in [4.69, 9.17) is 9.47 Å². The largest absolute Gasteiger partial charge is 0.461 e. The molecule has 1 amide bonds. The summed E-state index contributed by atoms with van der Waals surface area (Å²) in [6.45, 7) is 5.83. The van der Waals surface area contributed by atoms with Gasteiger partial charge in [0.15, 0.2) is 0 Å². The fourth-order valence-electron chi connectivity index (χ4n) is 2.83. The van der Waals surface area contributed by atoms with E-state index in [-0.39, 0.29) is 30.6 Å². The van der Waals surface area contributed by atoms with Gasteiger partial charge >= 0.3 is 12.1 Å². The molecule has 180 valence electrons. The summed E-state index contributed by atoms with van der Waals surface area (Å²) in [6, 6.07) is 14.5. The van der Waals surface area contributed by atoms with E-state index in [0.717, 1.165) is 11.1 Å². The summed E-state index contributed by atoms with van der Waals surface area (Å²) in [7, 11) is -3.92. The van der Waals surface area contributed by atoms with Crippen molar-refractivity contribution in [3.8, 4) is 0 Å². The van der Waals surface area contributed by atoms with E-state index in [9.17, 15) is 18.0 Å². The van der Waals surface area contributed by atoms with Crippen molar-refractivity contribution in [3.05, 3.63) is 65.7 Å². The number of sulfonamides is 1. The second kappa shape index (κ2) is 13.0. The Kier molecular flexibility index (Phi) is 10.3. The van der Waals surface area contributed by atoms with Gasteiger partial charge in [0, 0.05) is 6.54 Å². The van der Waals surface area contributed by atoms with Crippen molar-refractivity contribution in [2.45, 2.75) is 63.7 Å². The summed E-state index contributed by atoms with van der Waals surface area (Å²) < 4.78 is 38.5. The lowest BCUT2D eigenvalue weighted by molar-refractivity contribution is -0.150. The third-order valence-corrected chi connectivity index (χ3v) is 6.44. The standard InChI is InChI=1S/C24H32N2O6S/c1-4-19(3)32-23(27)22(26-33(29,30)21-14-12-18(2)13-15-21)11-8-16-25-24(28)31-17-20-9-6-5-7-10-20/h5-7,9-10,12-15,19,22,26H,4,8,11,16-17H2,1-3H3,(H,25,28)/t19?,22-/m0/s1. The number of ether oxygens (including phenoxy) is 2. The molecule has 2 aromatic rings. The Morgan fingerprint density at radius 1 is 1.03 bits per heavy atom. The molecule has 0 radical (unpaired) electrons. The highest BCUT2D eigenvalue weighted by atomic mass is 32.2. The number of alkyl carbamates (subject to hydrolysis) is 1. The number of amides is 1. The topological polar surface area (TPSA) is 111 Å². The third-order valence-electron chi connectivity index (χ3n) is 4.96. The zero-order valence-electron chi connectivity index (χ0n) is 19.2. The Morgan fingerprint density at radius 3 is 2.33 bits per heavy atom. The summed E-state index contributed by atoms with van der Waals surface area (Å²) in [6.07, 6.45) is 0.182. The molecule has 0 aromatic heterocycles. The molecule has 0 heterocycles. The number of rotatable bonds is 12. The summed E-state index contributed by atoms with van der Waals surface area (Å²) in [5, 5.41) is 2.61. The Bertz CT molecular complexity index is 993. The molecule has 0 bridgehead atoms. The third kappa shape index (κ3) is 9.23. The Balaban J connectivity index is 1.91. The molecule has 0 saturated heterocycles. The zero-order chi connectivity index (χ0) is 24.3. The number of benzene rings is 2. The number of aryl methyl sites for hydroxylation is 1. The fraction of sp³-hybridized carbons (Fsp3) is 0.417. The minimum atomic E-state index is -3.92. The maximum atomic E-state index is 12.8. The normalized spacial score (nSPS) is 13.1. The van der Waals surface area contributed by atoms with E-state index in [1.807, 2.05) is 44.2 Å². The highest BCUT2D eigenvalue weighted by Crippen LogP contribution is 2.13. The quantitative estimate of drug-likeness (QED) is 0.357. The van der Waals surface area contributed by atoms with Crippen LogP contribution in [0.1, 0.15) is 44.2 Å². The molecule has 2 aromatic carbocycles. The number of nitrogens with one attached hydrogen (secondary N) is 2. The molecule has 2 atom stereocenters. The molecule has 0 spiro atoms. The Morgan fingerprint density at radius 2 is 1.70 bits per heavy atom. The first-order valence-electron chi connectivity index (χ1n) is 10.9. The van der Waals surface area contributed by atoms with Crippen molar-refractivity contribution < 1.29 is 27.5 Å². The lowest BCUT2D eigenvalue weighted by Gasteiger charge is -2.20. The maximum absolute atomic E-state index is 12.8. The average molecular weight is 477 g/mol. The van der Waals surface area contributed by atoms with Gasteiger partial charge in [-0.2, -0.15) is 4.72 Å². The van der Waals surface area contributed by atoms with Crippen LogP contribution in [0.5, 0.6) is 0 Å². The van der Waals surface area contributed by atoms with Crippen LogP contribution < -0.4 is 10.0 Å². The van der Waals surface area contributed by atoms with Crippen molar-refractivity contribution >= 4 is 22.1 Å². The van der Waals surface area contributed by atoms with E-state index in [2.05, 4.69) is 10.0 Å². The van der Waals surface area contributed by atoms with E-state index in [0.29, 0.717) is 12.8 Å². The SMILES string of the molecule is CCC(C)OC(=O)[C@H](CCCNC(=O)OCc1ccccc1)NS(=O)(=O)c1ccc(C)cc1. The van der Waals surface area contributed by atoms with Gasteiger partial charge in [-0.05, 0) is 50.8 Å². The first-order chi connectivity index (χ1) is 15.7. The fourth-order valence-corrected chi connectivity index (χ4v) is 4.05. The van der Waals surface area contributed by atoms with Crippen LogP contribution in [-0.2, 0) is 30.9 Å². The van der Waals surface area contributed by atoms with Crippen LogP contribution in [0.3, 0.4) is 0 Å². The van der Waals surface area contributed by atoms with Crippen molar-refractivity contribution in [2.75, 3.05) is 6.54 Å². The van der Waals surface area contributed by atoms with Crippen LogP contribution in [-0.4, -0.2) is 39.2 Å². The highest BCUT2D eigenvalue weighted by molar-refractivity contribution is 7.89. The van der Waals surface area contributed by atoms with Crippen LogP contribution in [0.4, 0.5) is 4.79 Å². The number of hydrogen-bond donors (Lipinski definition) is 2. The van der Waals surface area contributed by atoms with Crippen LogP contribution in [0, 0.1) is 6.92 Å². The molecule has 0 saturated carbocycles. The van der Waals surface area contributed by atoms with Gasteiger partial charge < -0.3 is 14.8 Å². The zero-order valence-corrected chi connectivity index (χ0v) is 20.1. The number of esters is 1. The molecule has 1 unspecified atom stereocenters. The number of hydrogen-bond acceptors (Lipinski definition) is 6. The summed E-state index contributed by atoms with van der Waals surface area (Å²) in [5.74, 6) is -0.647. The van der Waals surface area contributed by atoms with Gasteiger partial charge in [-0.3, -0.25) is 4.79 Å². The molecular formula is C24H32N2O6S. The summed E-state index contributed by atoms with van der Waals surface area (Å²) in [4.78, 5) is 24.6. The second-order valence-electron chi connectivity index (χ2n) is 7.77. The van der Waals surface area contributed by atoms with Crippen LogP contribution in [0.2, 0.25) is 0 Å². The van der Waals surface area contributed by atoms with Crippen LogP contribution in [0.25, 0.3) is 0 Å². The molecule has 33 heavy (non-hydrogen) atoms. The molecule has 8 nitrogen and oxygen atoms in total. The predicted molar refractivity (Wildman–Crippen MR) is 125 cm³/mol. The van der Waals surface area contributed by atoms with Gasteiger partial charge in [-0.25, -0.2) is 13.2 Å². The average Bonchev–Trinajstić information content (AvgIpc) is 2.80. The van der Waals surface area contributed by atoms with Gasteiger partial charge in [0.25, 0.3) is 0 Å². The summed E-state index contributed by atoms with van der Waals surface area (Å²) >= 11 is 0. The smallest absolute Gasteiger partial charge is 0.407 e. The molecule has 9 heteroatoms. The minimum absolute atomic E-state index is 0.0667. The molecule has 0 fully saturated rings. The monoisotopic (exact) mass is 476 g/mol. The molecule has 2 rings (SSSR count). The lowest BCUT2D eigenvalue weighted by Crippen LogP contribution is -2.43. The second-order valence-corrected chi connectivity index (χ2v) is 9.49. The van der Waals surface area contributed by atoms with Crippen molar-refractivity contribution in [1.29, 1.82) is 0 Å². The first-order valence-corrected chi connectivity index (χ1v) is 12.4. The molecule has 2 N–H and O–H groups in total. The van der Waals surface area contributed by atoms with Crippen LogP contribution >= 0.6 is 0 Å². The molecular weight excluding hydrogens is 444 g/mol. The minimum Gasteiger partial charge on any atom is -0.461 e. The van der Waals surface area contributed by atoms with Crippen molar-refractivity contribution in [2.24, 2.45) is 0 Å². The molecule has 0 aliphatic carbocycles. The van der Waals surface area contributed by atoms with Crippen molar-refractivity contribution in [1.82, 2.24) is 10.0 Å². The van der Waals surface area contributed by atoms with Gasteiger partial charge in [0.2, 0.25) is 10.0 Å². The lowest BCUT2D eigenvalue weighted by atomic mass is 10.1. The Hall–Kier alpha value is -2.91. The molecule has 0 aliphatic heterocycles. The van der Waals surface area contributed by atoms with E-state index in [1.165, 1.54) is 12.1 Å². The van der Waals surface area contributed by atoms with E-state index >= 15 is 0 Å². The molecule has 0 aliphatic rings. The van der Waals surface area contributed by atoms with Crippen LogP contribution in [0.15, 0.2) is 59.5 Å². The highest BCUT2D eigenvalue weighted by Gasteiger charge is 2.27.